The first-order valence-corrected chi connectivity index (χ1v) is 7.91. The van der Waals surface area contributed by atoms with E-state index in [4.69, 9.17) is 22.1 Å². The third kappa shape index (κ3) is 5.27. The zero-order valence-electron chi connectivity index (χ0n) is 13.2. The summed E-state index contributed by atoms with van der Waals surface area (Å²) in [5.74, 6) is 0.779. The molecule has 23 heavy (non-hydrogen) atoms. The van der Waals surface area contributed by atoms with Crippen molar-refractivity contribution in [2.24, 2.45) is 5.73 Å². The Morgan fingerprint density at radius 1 is 1.13 bits per heavy atom. The summed E-state index contributed by atoms with van der Waals surface area (Å²) in [5, 5.41) is 0.684. The van der Waals surface area contributed by atoms with Gasteiger partial charge >= 0.3 is 0 Å². The summed E-state index contributed by atoms with van der Waals surface area (Å²) in [7, 11) is 1.79. The van der Waals surface area contributed by atoms with Crippen LogP contribution >= 0.6 is 11.6 Å². The number of hydrogen-bond donors (Lipinski definition) is 1. The molecule has 0 radical (unpaired) electrons. The van der Waals surface area contributed by atoms with E-state index in [1.807, 2.05) is 36.4 Å². The summed E-state index contributed by atoms with van der Waals surface area (Å²) in [4.78, 5) is 14.0. The molecule has 1 amide bonds. The third-order valence-corrected chi connectivity index (χ3v) is 3.76. The molecule has 0 aliphatic rings. The second-order valence-electron chi connectivity index (χ2n) is 5.28. The predicted octanol–water partition coefficient (Wildman–Crippen LogP) is 3.34. The Kier molecular flexibility index (Phi) is 6.44. The molecule has 0 bridgehead atoms. The minimum atomic E-state index is 0.0000596. The zero-order valence-corrected chi connectivity index (χ0v) is 13.9. The fourth-order valence-corrected chi connectivity index (χ4v) is 2.25. The fraction of sp³-hybridized carbons (Fsp3) is 0.278. The summed E-state index contributed by atoms with van der Waals surface area (Å²) >= 11 is 5.82. The van der Waals surface area contributed by atoms with Crippen LogP contribution in [0.1, 0.15) is 22.3 Å². The van der Waals surface area contributed by atoms with Gasteiger partial charge in [0.05, 0.1) is 6.61 Å². The van der Waals surface area contributed by atoms with E-state index in [1.54, 1.807) is 24.1 Å². The molecule has 2 aromatic rings. The Balaban J connectivity index is 1.76. The molecule has 2 aromatic carbocycles. The minimum Gasteiger partial charge on any atom is -0.494 e. The Bertz CT molecular complexity index is 626. The fourth-order valence-electron chi connectivity index (χ4n) is 2.13. The van der Waals surface area contributed by atoms with Crippen molar-refractivity contribution < 1.29 is 9.53 Å². The van der Waals surface area contributed by atoms with Gasteiger partial charge in [-0.3, -0.25) is 4.79 Å². The first-order valence-electron chi connectivity index (χ1n) is 7.53. The quantitative estimate of drug-likeness (QED) is 0.791. The lowest BCUT2D eigenvalue weighted by Gasteiger charge is -2.17. The molecule has 2 N–H and O–H groups in total. The summed E-state index contributed by atoms with van der Waals surface area (Å²) in [6.07, 6.45) is 0.756. The second-order valence-corrected chi connectivity index (χ2v) is 5.72. The summed E-state index contributed by atoms with van der Waals surface area (Å²) in [5.41, 5.74) is 7.24. The number of halogens is 1. The van der Waals surface area contributed by atoms with Crippen molar-refractivity contribution in [1.29, 1.82) is 0 Å². The van der Waals surface area contributed by atoms with Crippen LogP contribution < -0.4 is 10.5 Å². The van der Waals surface area contributed by atoms with E-state index in [0.29, 0.717) is 30.3 Å². The van der Waals surface area contributed by atoms with Gasteiger partial charge in [0.2, 0.25) is 0 Å². The van der Waals surface area contributed by atoms with E-state index in [9.17, 15) is 4.79 Å². The van der Waals surface area contributed by atoms with Crippen molar-refractivity contribution >= 4 is 17.5 Å². The van der Waals surface area contributed by atoms with Gasteiger partial charge in [0.1, 0.15) is 5.75 Å². The number of amides is 1. The Hall–Kier alpha value is -2.04. The van der Waals surface area contributed by atoms with Crippen molar-refractivity contribution in [3.63, 3.8) is 0 Å². The highest BCUT2D eigenvalue weighted by molar-refractivity contribution is 6.30. The molecule has 0 heterocycles. The van der Waals surface area contributed by atoms with Crippen molar-refractivity contribution in [3.05, 3.63) is 64.7 Å². The SMILES string of the molecule is CN(CCCOc1ccc(Cl)cc1)C(=O)c1ccc(CN)cc1. The molecule has 0 saturated heterocycles. The van der Waals surface area contributed by atoms with E-state index in [0.717, 1.165) is 17.7 Å². The molecule has 4 nitrogen and oxygen atoms in total. The molecule has 122 valence electrons. The monoisotopic (exact) mass is 332 g/mol. The lowest BCUT2D eigenvalue weighted by molar-refractivity contribution is 0.0788. The number of nitrogens with zero attached hydrogens (tertiary/aromatic N) is 1. The number of nitrogens with two attached hydrogens (primary N) is 1. The average Bonchev–Trinajstić information content (AvgIpc) is 2.59. The van der Waals surface area contributed by atoms with Gasteiger partial charge in [-0.15, -0.1) is 0 Å². The van der Waals surface area contributed by atoms with E-state index < -0.39 is 0 Å². The van der Waals surface area contributed by atoms with Gasteiger partial charge in [0.15, 0.2) is 0 Å². The van der Waals surface area contributed by atoms with Crippen LogP contribution in [0.2, 0.25) is 5.02 Å². The molecule has 0 unspecified atom stereocenters. The maximum atomic E-state index is 12.3. The van der Waals surface area contributed by atoms with Gasteiger partial charge in [-0.25, -0.2) is 0 Å². The molecular formula is C18H21ClN2O2. The molecule has 0 aromatic heterocycles. The molecular weight excluding hydrogens is 312 g/mol. The number of benzene rings is 2. The van der Waals surface area contributed by atoms with Gasteiger partial charge in [0.25, 0.3) is 5.91 Å². The molecule has 0 saturated carbocycles. The topological polar surface area (TPSA) is 55.6 Å². The lowest BCUT2D eigenvalue weighted by atomic mass is 10.1. The number of rotatable bonds is 7. The van der Waals surface area contributed by atoms with Gasteiger partial charge in [-0.1, -0.05) is 23.7 Å². The van der Waals surface area contributed by atoms with Gasteiger partial charge in [-0.05, 0) is 48.4 Å². The van der Waals surface area contributed by atoms with E-state index in [-0.39, 0.29) is 5.91 Å². The molecule has 0 atom stereocenters. The first kappa shape index (κ1) is 17.3. The molecule has 0 aliphatic carbocycles. The highest BCUT2D eigenvalue weighted by Gasteiger charge is 2.11. The maximum absolute atomic E-state index is 12.3. The summed E-state index contributed by atoms with van der Waals surface area (Å²) < 4.78 is 5.62. The number of carbonyl (C=O) groups excluding carboxylic acids is 1. The highest BCUT2D eigenvalue weighted by atomic mass is 35.5. The van der Waals surface area contributed by atoms with Crippen molar-refractivity contribution in [3.8, 4) is 5.75 Å². The van der Waals surface area contributed by atoms with Crippen LogP contribution in [0.15, 0.2) is 48.5 Å². The summed E-state index contributed by atoms with van der Waals surface area (Å²) in [6.45, 7) is 1.66. The smallest absolute Gasteiger partial charge is 0.253 e. The van der Waals surface area contributed by atoms with Crippen LogP contribution in [0.4, 0.5) is 0 Å². The minimum absolute atomic E-state index is 0.0000596. The van der Waals surface area contributed by atoms with E-state index in [2.05, 4.69) is 0 Å². The van der Waals surface area contributed by atoms with Crippen LogP contribution in [-0.4, -0.2) is 31.0 Å². The third-order valence-electron chi connectivity index (χ3n) is 3.50. The van der Waals surface area contributed by atoms with Crippen LogP contribution in [0, 0.1) is 0 Å². The predicted molar refractivity (Wildman–Crippen MR) is 92.9 cm³/mol. The molecule has 0 fully saturated rings. The number of hydrogen-bond acceptors (Lipinski definition) is 3. The average molecular weight is 333 g/mol. The number of carbonyl (C=O) groups is 1. The Labute approximate surface area is 141 Å². The molecule has 2 rings (SSSR count). The standard InChI is InChI=1S/C18H21ClN2O2/c1-21(18(22)15-5-3-14(13-20)4-6-15)11-2-12-23-17-9-7-16(19)8-10-17/h3-10H,2,11-13,20H2,1H3. The van der Waals surface area contributed by atoms with Crippen molar-refractivity contribution in [2.45, 2.75) is 13.0 Å². The summed E-state index contributed by atoms with van der Waals surface area (Å²) in [6, 6.07) is 14.6. The van der Waals surface area contributed by atoms with Gasteiger partial charge < -0.3 is 15.4 Å². The Morgan fingerprint density at radius 2 is 1.78 bits per heavy atom. The first-order chi connectivity index (χ1) is 11.1. The zero-order chi connectivity index (χ0) is 16.7. The second kappa shape index (κ2) is 8.56. The van der Waals surface area contributed by atoms with Crippen molar-refractivity contribution in [2.75, 3.05) is 20.2 Å². The van der Waals surface area contributed by atoms with Crippen LogP contribution in [0.25, 0.3) is 0 Å². The highest BCUT2D eigenvalue weighted by Crippen LogP contribution is 2.15. The molecule has 0 spiro atoms. The molecule has 0 aliphatic heterocycles. The van der Waals surface area contributed by atoms with Gasteiger partial charge in [-0.2, -0.15) is 0 Å². The van der Waals surface area contributed by atoms with Crippen molar-refractivity contribution in [1.82, 2.24) is 4.90 Å². The van der Waals surface area contributed by atoms with Crippen LogP contribution in [-0.2, 0) is 6.54 Å². The Morgan fingerprint density at radius 3 is 2.39 bits per heavy atom. The maximum Gasteiger partial charge on any atom is 0.253 e. The van der Waals surface area contributed by atoms with Gasteiger partial charge in [0, 0.05) is 30.7 Å². The molecule has 5 heteroatoms. The van der Waals surface area contributed by atoms with Crippen LogP contribution in [0.3, 0.4) is 0 Å². The van der Waals surface area contributed by atoms with E-state index >= 15 is 0 Å². The largest absolute Gasteiger partial charge is 0.494 e. The van der Waals surface area contributed by atoms with E-state index in [1.165, 1.54) is 0 Å². The number of ether oxygens (including phenoxy) is 1. The lowest BCUT2D eigenvalue weighted by Crippen LogP contribution is -2.28. The normalized spacial score (nSPS) is 10.4. The van der Waals surface area contributed by atoms with Crippen LogP contribution in [0.5, 0.6) is 5.75 Å².